The van der Waals surface area contributed by atoms with E-state index < -0.39 is 18.0 Å². The van der Waals surface area contributed by atoms with Gasteiger partial charge >= 0.3 is 6.18 Å². The normalized spacial score (nSPS) is 14.2. The van der Waals surface area contributed by atoms with Crippen LogP contribution in [0.5, 0.6) is 0 Å². The van der Waals surface area contributed by atoms with Crippen LogP contribution >= 0.6 is 0 Å². The van der Waals surface area contributed by atoms with Crippen molar-refractivity contribution in [2.75, 3.05) is 0 Å². The third-order valence-corrected chi connectivity index (χ3v) is 2.47. The molecule has 4 nitrogen and oxygen atoms in total. The van der Waals surface area contributed by atoms with Crippen molar-refractivity contribution in [3.05, 3.63) is 23.8 Å². The number of aliphatic hydroxyl groups is 1. The maximum Gasteiger partial charge on any atom is 0.433 e. The zero-order valence-corrected chi connectivity index (χ0v) is 9.15. The summed E-state index contributed by atoms with van der Waals surface area (Å²) in [4.78, 5) is 7.30. The van der Waals surface area contributed by atoms with E-state index in [4.69, 9.17) is 0 Å². The van der Waals surface area contributed by atoms with Crippen LogP contribution in [0.3, 0.4) is 0 Å². The number of aromatic nitrogens is 3. The minimum absolute atomic E-state index is 0.172. The first-order chi connectivity index (χ1) is 7.80. The molecule has 2 heterocycles. The summed E-state index contributed by atoms with van der Waals surface area (Å²) < 4.78 is 38.8. The second kappa shape index (κ2) is 3.69. The highest BCUT2D eigenvalue weighted by atomic mass is 19.4. The summed E-state index contributed by atoms with van der Waals surface area (Å²) in [6.45, 7) is 1.50. The van der Waals surface area contributed by atoms with E-state index in [1.807, 2.05) is 0 Å². The summed E-state index contributed by atoms with van der Waals surface area (Å²) in [6.07, 6.45) is -4.23. The standard InChI is InChI=1S/C10H10F3N3O/c1-5(17)9-15-6-3-8(10(11,12)13)14-4-7(6)16(9)2/h3-5,17H,1-2H3/t5-/m0/s1. The van der Waals surface area contributed by atoms with Crippen LogP contribution in [0.15, 0.2) is 12.3 Å². The summed E-state index contributed by atoms with van der Waals surface area (Å²) in [5.74, 6) is 0.307. The molecule has 2 rings (SSSR count). The third-order valence-electron chi connectivity index (χ3n) is 2.47. The molecule has 0 bridgehead atoms. The van der Waals surface area contributed by atoms with Gasteiger partial charge in [-0.25, -0.2) is 9.97 Å². The minimum atomic E-state index is -4.49. The molecule has 7 heteroatoms. The number of imidazole rings is 1. The maximum absolute atomic E-state index is 12.4. The third kappa shape index (κ3) is 1.97. The van der Waals surface area contributed by atoms with Gasteiger partial charge < -0.3 is 9.67 Å². The number of aryl methyl sites for hydroxylation is 1. The molecular weight excluding hydrogens is 235 g/mol. The van der Waals surface area contributed by atoms with Crippen molar-refractivity contribution < 1.29 is 18.3 Å². The van der Waals surface area contributed by atoms with Gasteiger partial charge in [-0.2, -0.15) is 13.2 Å². The lowest BCUT2D eigenvalue weighted by atomic mass is 10.3. The number of hydrogen-bond donors (Lipinski definition) is 1. The first-order valence-corrected chi connectivity index (χ1v) is 4.88. The average Bonchev–Trinajstić information content (AvgIpc) is 2.54. The van der Waals surface area contributed by atoms with Crippen LogP contribution in [0, 0.1) is 0 Å². The smallest absolute Gasteiger partial charge is 0.385 e. The number of rotatable bonds is 1. The highest BCUT2D eigenvalue weighted by Gasteiger charge is 2.33. The Morgan fingerprint density at radius 2 is 2.06 bits per heavy atom. The Balaban J connectivity index is 2.64. The molecule has 0 spiro atoms. The molecule has 1 atom stereocenters. The molecule has 1 N–H and O–H groups in total. The fourth-order valence-corrected chi connectivity index (χ4v) is 1.64. The zero-order valence-electron chi connectivity index (χ0n) is 9.15. The molecule has 17 heavy (non-hydrogen) atoms. The largest absolute Gasteiger partial charge is 0.433 e. The molecule has 0 radical (unpaired) electrons. The van der Waals surface area contributed by atoms with Gasteiger partial charge in [0.2, 0.25) is 0 Å². The summed E-state index contributed by atoms with van der Waals surface area (Å²) >= 11 is 0. The Bertz CT molecular complexity index is 560. The molecule has 0 amide bonds. The fourth-order valence-electron chi connectivity index (χ4n) is 1.64. The van der Waals surface area contributed by atoms with Crippen molar-refractivity contribution in [3.8, 4) is 0 Å². The monoisotopic (exact) mass is 245 g/mol. The fraction of sp³-hybridized carbons (Fsp3) is 0.400. The lowest BCUT2D eigenvalue weighted by molar-refractivity contribution is -0.141. The van der Waals surface area contributed by atoms with Crippen molar-refractivity contribution >= 4 is 11.0 Å². The Morgan fingerprint density at radius 1 is 1.41 bits per heavy atom. The van der Waals surface area contributed by atoms with Gasteiger partial charge in [0.25, 0.3) is 0 Å². The quantitative estimate of drug-likeness (QED) is 0.836. The van der Waals surface area contributed by atoms with E-state index in [0.717, 1.165) is 12.3 Å². The second-order valence-electron chi connectivity index (χ2n) is 3.76. The second-order valence-corrected chi connectivity index (χ2v) is 3.76. The van der Waals surface area contributed by atoms with Crippen molar-refractivity contribution in [2.45, 2.75) is 19.2 Å². The summed E-state index contributed by atoms with van der Waals surface area (Å²) in [7, 11) is 1.62. The van der Waals surface area contributed by atoms with E-state index in [2.05, 4.69) is 9.97 Å². The first kappa shape index (κ1) is 11.8. The van der Waals surface area contributed by atoms with Crippen LogP contribution in [0.2, 0.25) is 0 Å². The number of halogens is 3. The predicted octanol–water partition coefficient (Wildman–Crippen LogP) is 2.04. The summed E-state index contributed by atoms with van der Waals surface area (Å²) in [6, 6.07) is 0.876. The molecule has 92 valence electrons. The maximum atomic E-state index is 12.4. The van der Waals surface area contributed by atoms with E-state index in [9.17, 15) is 18.3 Å². The number of pyridine rings is 1. The number of aliphatic hydroxyl groups excluding tert-OH is 1. The Hall–Kier alpha value is -1.63. The van der Waals surface area contributed by atoms with Gasteiger partial charge in [0.1, 0.15) is 17.6 Å². The number of hydrogen-bond acceptors (Lipinski definition) is 3. The van der Waals surface area contributed by atoms with Crippen LogP contribution in [0.4, 0.5) is 13.2 Å². The number of fused-ring (bicyclic) bond motifs is 1. The van der Waals surface area contributed by atoms with Crippen LogP contribution in [-0.2, 0) is 13.2 Å². The van der Waals surface area contributed by atoms with Crippen LogP contribution in [-0.4, -0.2) is 19.6 Å². The zero-order chi connectivity index (χ0) is 12.8. The van der Waals surface area contributed by atoms with Crippen LogP contribution in [0.1, 0.15) is 24.5 Å². The van der Waals surface area contributed by atoms with Crippen LogP contribution in [0.25, 0.3) is 11.0 Å². The van der Waals surface area contributed by atoms with Gasteiger partial charge in [-0.1, -0.05) is 0 Å². The van der Waals surface area contributed by atoms with Gasteiger partial charge in [0, 0.05) is 7.05 Å². The number of alkyl halides is 3. The van der Waals surface area contributed by atoms with E-state index in [-0.39, 0.29) is 5.52 Å². The van der Waals surface area contributed by atoms with Crippen molar-refractivity contribution in [2.24, 2.45) is 7.05 Å². The molecule has 0 aliphatic heterocycles. The van der Waals surface area contributed by atoms with Crippen LogP contribution < -0.4 is 0 Å². The molecule has 2 aromatic heterocycles. The average molecular weight is 245 g/mol. The lowest BCUT2D eigenvalue weighted by Gasteiger charge is -2.05. The van der Waals surface area contributed by atoms with E-state index in [1.165, 1.54) is 11.5 Å². The Morgan fingerprint density at radius 3 is 2.59 bits per heavy atom. The van der Waals surface area contributed by atoms with Crippen molar-refractivity contribution in [1.82, 2.24) is 14.5 Å². The van der Waals surface area contributed by atoms with Gasteiger partial charge in [-0.15, -0.1) is 0 Å². The molecule has 0 unspecified atom stereocenters. The van der Waals surface area contributed by atoms with E-state index in [0.29, 0.717) is 11.3 Å². The number of nitrogens with zero attached hydrogens (tertiary/aromatic N) is 3. The predicted molar refractivity (Wildman–Crippen MR) is 54.1 cm³/mol. The highest BCUT2D eigenvalue weighted by Crippen LogP contribution is 2.29. The van der Waals surface area contributed by atoms with E-state index >= 15 is 0 Å². The van der Waals surface area contributed by atoms with Crippen molar-refractivity contribution in [3.63, 3.8) is 0 Å². The summed E-state index contributed by atoms with van der Waals surface area (Å²) in [5.41, 5.74) is -0.361. The van der Waals surface area contributed by atoms with Gasteiger partial charge in [-0.3, -0.25) is 0 Å². The Kier molecular flexibility index (Phi) is 2.57. The molecular formula is C10H10F3N3O. The minimum Gasteiger partial charge on any atom is -0.385 e. The lowest BCUT2D eigenvalue weighted by Crippen LogP contribution is -2.07. The van der Waals surface area contributed by atoms with E-state index in [1.54, 1.807) is 7.05 Å². The molecule has 0 aromatic carbocycles. The molecule has 0 aliphatic rings. The first-order valence-electron chi connectivity index (χ1n) is 4.88. The van der Waals surface area contributed by atoms with Crippen molar-refractivity contribution in [1.29, 1.82) is 0 Å². The molecule has 0 fully saturated rings. The SMILES string of the molecule is C[C@H](O)c1nc2cc(C(F)(F)F)ncc2n1C. The molecule has 0 saturated carbocycles. The molecule has 0 saturated heterocycles. The molecule has 0 aliphatic carbocycles. The molecule has 2 aromatic rings. The highest BCUT2D eigenvalue weighted by molar-refractivity contribution is 5.75. The van der Waals surface area contributed by atoms with Gasteiger partial charge in [0.05, 0.1) is 17.2 Å². The van der Waals surface area contributed by atoms with Gasteiger partial charge in [0.15, 0.2) is 0 Å². The summed E-state index contributed by atoms with van der Waals surface area (Å²) in [5, 5.41) is 9.41. The topological polar surface area (TPSA) is 50.9 Å². The Labute approximate surface area is 94.7 Å². The van der Waals surface area contributed by atoms with Gasteiger partial charge in [-0.05, 0) is 13.0 Å².